The molecule has 0 spiro atoms. The summed E-state index contributed by atoms with van der Waals surface area (Å²) in [6.07, 6.45) is 3.04. The van der Waals surface area contributed by atoms with Crippen molar-refractivity contribution in [2.45, 2.75) is 43.7 Å². The number of halogens is 2. The van der Waals surface area contributed by atoms with Gasteiger partial charge in [0.25, 0.3) is 5.91 Å². The molecule has 3 aliphatic rings. The van der Waals surface area contributed by atoms with Gasteiger partial charge in [-0.1, -0.05) is 60.5 Å². The number of hydrogen-bond donors (Lipinski definition) is 0. The first kappa shape index (κ1) is 31.0. The van der Waals surface area contributed by atoms with E-state index in [0.717, 1.165) is 25.1 Å². The van der Waals surface area contributed by atoms with Gasteiger partial charge >= 0.3 is 0 Å². The van der Waals surface area contributed by atoms with Crippen molar-refractivity contribution in [1.82, 2.24) is 9.80 Å². The number of benzene rings is 3. The van der Waals surface area contributed by atoms with E-state index in [4.69, 9.17) is 42.1 Å². The van der Waals surface area contributed by atoms with E-state index in [1.165, 1.54) is 17.5 Å². The van der Waals surface area contributed by atoms with Gasteiger partial charge in [0, 0.05) is 24.7 Å². The fourth-order valence-corrected chi connectivity index (χ4v) is 7.85. The average Bonchev–Trinajstić information content (AvgIpc) is 3.34. The summed E-state index contributed by atoms with van der Waals surface area (Å²) in [6.45, 7) is 5.26. The van der Waals surface area contributed by atoms with E-state index in [0.29, 0.717) is 76.9 Å². The van der Waals surface area contributed by atoms with E-state index < -0.39 is 5.60 Å². The molecule has 0 aromatic heterocycles. The van der Waals surface area contributed by atoms with E-state index in [9.17, 15) is 4.79 Å². The molecule has 1 saturated heterocycles. The molecular formula is C35H40Cl2N2O5. The summed E-state index contributed by atoms with van der Waals surface area (Å²) in [5, 5.41) is 0.960. The van der Waals surface area contributed by atoms with Crippen LogP contribution in [0.5, 0.6) is 17.2 Å². The summed E-state index contributed by atoms with van der Waals surface area (Å²) in [6, 6.07) is 18.5. The largest absolute Gasteiger partial charge is 0.493 e. The Morgan fingerprint density at radius 1 is 1.02 bits per heavy atom. The van der Waals surface area contributed by atoms with Crippen molar-refractivity contribution in [3.63, 3.8) is 0 Å². The SMILES string of the molecule is CCN(CCC1(c2ccc(Cl)c(Cl)c2)CN(C(=O)c2cc(OC)c(OC)c(OC)c2)CCO1)[C@@H]1C[C@@H]2c3ccccc3C[C@@H]21. The Hall–Kier alpha value is -2.97. The zero-order valence-electron chi connectivity index (χ0n) is 25.8. The summed E-state index contributed by atoms with van der Waals surface area (Å²) in [5.41, 5.74) is 3.67. The van der Waals surface area contributed by atoms with Crippen molar-refractivity contribution in [1.29, 1.82) is 0 Å². The molecule has 6 rings (SSSR count). The smallest absolute Gasteiger partial charge is 0.254 e. The second kappa shape index (κ2) is 12.8. The molecule has 1 aliphatic heterocycles. The normalized spacial score (nSPS) is 24.0. The number of rotatable bonds is 10. The molecule has 1 heterocycles. The first-order chi connectivity index (χ1) is 21.3. The third-order valence-corrected chi connectivity index (χ3v) is 10.7. The third kappa shape index (κ3) is 5.53. The minimum absolute atomic E-state index is 0.130. The van der Waals surface area contributed by atoms with Crippen molar-refractivity contribution in [3.8, 4) is 17.2 Å². The van der Waals surface area contributed by atoms with E-state index in [1.807, 2.05) is 23.1 Å². The lowest BCUT2D eigenvalue weighted by molar-refractivity contribution is -0.116. The molecular weight excluding hydrogens is 599 g/mol. The first-order valence-electron chi connectivity index (χ1n) is 15.3. The molecule has 1 amide bonds. The van der Waals surface area contributed by atoms with E-state index in [1.54, 1.807) is 33.5 Å². The molecule has 3 aromatic carbocycles. The van der Waals surface area contributed by atoms with Crippen LogP contribution < -0.4 is 14.2 Å². The predicted octanol–water partition coefficient (Wildman–Crippen LogP) is 6.83. The number of carbonyl (C=O) groups excluding carboxylic acids is 1. The monoisotopic (exact) mass is 638 g/mol. The molecule has 3 aromatic rings. The van der Waals surface area contributed by atoms with Gasteiger partial charge in [-0.3, -0.25) is 4.79 Å². The fraction of sp³-hybridized carbons (Fsp3) is 0.457. The van der Waals surface area contributed by atoms with Gasteiger partial charge < -0.3 is 28.7 Å². The molecule has 234 valence electrons. The minimum atomic E-state index is -0.752. The standard InChI is InChI=1S/C35H40Cl2N2O5/c1-5-38(30-20-26-25-9-7-6-8-22(25)16-27(26)30)13-12-35(24-10-11-28(36)29(37)19-24)21-39(14-15-44-35)34(40)23-17-31(41-2)33(43-4)32(18-23)42-3/h6-11,17-19,26-27,30H,5,12-16,20-21H2,1-4H3/t26-,27+,30-,35?/m1/s1. The molecule has 1 saturated carbocycles. The predicted molar refractivity (Wildman–Crippen MR) is 173 cm³/mol. The molecule has 2 aliphatic carbocycles. The number of methoxy groups -OCH3 is 3. The van der Waals surface area contributed by atoms with Crippen molar-refractivity contribution < 1.29 is 23.7 Å². The van der Waals surface area contributed by atoms with Crippen LogP contribution in [0.4, 0.5) is 0 Å². The second-order valence-electron chi connectivity index (χ2n) is 12.0. The molecule has 44 heavy (non-hydrogen) atoms. The quantitative estimate of drug-likeness (QED) is 0.243. The zero-order valence-corrected chi connectivity index (χ0v) is 27.3. The van der Waals surface area contributed by atoms with Gasteiger partial charge in [0.15, 0.2) is 11.5 Å². The van der Waals surface area contributed by atoms with Crippen LogP contribution in [-0.4, -0.2) is 75.9 Å². The van der Waals surface area contributed by atoms with Gasteiger partial charge in [-0.2, -0.15) is 0 Å². The summed E-state index contributed by atoms with van der Waals surface area (Å²) < 4.78 is 23.2. The highest BCUT2D eigenvalue weighted by molar-refractivity contribution is 6.42. The van der Waals surface area contributed by atoms with Crippen molar-refractivity contribution >= 4 is 29.1 Å². The molecule has 1 unspecified atom stereocenters. The molecule has 9 heteroatoms. The highest BCUT2D eigenvalue weighted by Gasteiger charge is 2.49. The van der Waals surface area contributed by atoms with Gasteiger partial charge in [0.2, 0.25) is 5.75 Å². The topological polar surface area (TPSA) is 60.5 Å². The number of ether oxygens (including phenoxy) is 4. The summed E-state index contributed by atoms with van der Waals surface area (Å²) in [5.74, 6) is 2.50. The Morgan fingerprint density at radius 2 is 1.77 bits per heavy atom. The van der Waals surface area contributed by atoms with Crippen LogP contribution in [0.1, 0.15) is 52.7 Å². The van der Waals surface area contributed by atoms with Crippen molar-refractivity contribution in [2.24, 2.45) is 5.92 Å². The number of carbonyl (C=O) groups is 1. The van der Waals surface area contributed by atoms with Crippen LogP contribution in [0.25, 0.3) is 0 Å². The third-order valence-electron chi connectivity index (χ3n) is 9.93. The van der Waals surface area contributed by atoms with Crippen molar-refractivity contribution in [3.05, 3.63) is 86.9 Å². The number of nitrogens with zero attached hydrogens (tertiary/aromatic N) is 2. The molecule has 0 radical (unpaired) electrons. The van der Waals surface area contributed by atoms with Crippen molar-refractivity contribution in [2.75, 3.05) is 54.1 Å². The van der Waals surface area contributed by atoms with Gasteiger partial charge in [0.05, 0.1) is 44.5 Å². The Labute approximate surface area is 269 Å². The van der Waals surface area contributed by atoms with Crippen LogP contribution in [0.15, 0.2) is 54.6 Å². The van der Waals surface area contributed by atoms with Gasteiger partial charge in [0.1, 0.15) is 5.60 Å². The molecule has 0 bridgehead atoms. The van der Waals surface area contributed by atoms with Gasteiger partial charge in [-0.05, 0) is 78.6 Å². The Morgan fingerprint density at radius 3 is 2.45 bits per heavy atom. The maximum Gasteiger partial charge on any atom is 0.254 e. The molecule has 2 fully saturated rings. The zero-order chi connectivity index (χ0) is 31.0. The Balaban J connectivity index is 1.26. The molecule has 7 nitrogen and oxygen atoms in total. The Bertz CT molecular complexity index is 1510. The van der Waals surface area contributed by atoms with Crippen LogP contribution in [-0.2, 0) is 16.8 Å². The van der Waals surface area contributed by atoms with Crippen LogP contribution in [0.2, 0.25) is 10.0 Å². The Kier molecular flexibility index (Phi) is 9.02. The lowest BCUT2D eigenvalue weighted by Crippen LogP contribution is -2.55. The highest BCUT2D eigenvalue weighted by Crippen LogP contribution is 2.53. The average molecular weight is 640 g/mol. The maximum absolute atomic E-state index is 14.0. The summed E-state index contributed by atoms with van der Waals surface area (Å²) in [7, 11) is 4.64. The van der Waals surface area contributed by atoms with E-state index in [-0.39, 0.29) is 5.91 Å². The number of amides is 1. The number of fused-ring (bicyclic) bond motifs is 3. The second-order valence-corrected chi connectivity index (χ2v) is 12.8. The molecule has 0 N–H and O–H groups in total. The van der Waals surface area contributed by atoms with Crippen LogP contribution >= 0.6 is 23.2 Å². The molecule has 4 atom stereocenters. The van der Waals surface area contributed by atoms with E-state index in [2.05, 4.69) is 36.1 Å². The van der Waals surface area contributed by atoms with Gasteiger partial charge in [-0.25, -0.2) is 0 Å². The first-order valence-corrected chi connectivity index (χ1v) is 16.1. The number of morpholine rings is 1. The lowest BCUT2D eigenvalue weighted by atomic mass is 9.69. The van der Waals surface area contributed by atoms with Gasteiger partial charge in [-0.15, -0.1) is 0 Å². The highest BCUT2D eigenvalue weighted by atomic mass is 35.5. The summed E-state index contributed by atoms with van der Waals surface area (Å²) >= 11 is 12.9. The number of hydrogen-bond acceptors (Lipinski definition) is 6. The van der Waals surface area contributed by atoms with Crippen LogP contribution in [0.3, 0.4) is 0 Å². The van der Waals surface area contributed by atoms with E-state index >= 15 is 0 Å². The maximum atomic E-state index is 14.0. The lowest BCUT2D eigenvalue weighted by Gasteiger charge is -2.49. The summed E-state index contributed by atoms with van der Waals surface area (Å²) in [4.78, 5) is 18.5. The minimum Gasteiger partial charge on any atom is -0.493 e. The van der Waals surface area contributed by atoms with Crippen LogP contribution in [0, 0.1) is 5.92 Å². The fourth-order valence-electron chi connectivity index (χ4n) is 7.55.